The molecule has 0 heterocycles. The average molecular weight is 470 g/mol. The van der Waals surface area contributed by atoms with Crippen LogP contribution in [0.2, 0.25) is 0 Å². The first-order valence-corrected chi connectivity index (χ1v) is 9.27. The van der Waals surface area contributed by atoms with Crippen LogP contribution in [0.3, 0.4) is 0 Å². The van der Waals surface area contributed by atoms with Gasteiger partial charge in [-0.2, -0.15) is 26.3 Å². The SMILES string of the molecule is Cc1ccc(S(=O)(=O)[O-])cc1.FC(F)F.O=S(=O)([O-])C(F)(F)F.O=S([O-])[O-]. The lowest BCUT2D eigenvalue weighted by Gasteiger charge is -2.08. The fourth-order valence-corrected chi connectivity index (χ4v) is 1.17. The summed E-state index contributed by atoms with van der Waals surface area (Å²) >= 11 is -3.11. The molecule has 162 valence electrons. The van der Waals surface area contributed by atoms with E-state index in [4.69, 9.17) is 26.3 Å². The molecule has 9 nitrogen and oxygen atoms in total. The molecule has 0 aliphatic carbocycles. The van der Waals surface area contributed by atoms with Gasteiger partial charge in [-0.05, 0) is 19.1 Å². The molecule has 0 unspecified atom stereocenters. The van der Waals surface area contributed by atoms with E-state index < -0.39 is 43.8 Å². The van der Waals surface area contributed by atoms with Crippen molar-refractivity contribution in [3.8, 4) is 0 Å². The van der Waals surface area contributed by atoms with Gasteiger partial charge < -0.3 is 18.2 Å². The quantitative estimate of drug-likeness (QED) is 0.252. The molecule has 0 atom stereocenters. The molecule has 0 aliphatic heterocycles. The van der Waals surface area contributed by atoms with Crippen molar-refractivity contribution in [3.05, 3.63) is 29.8 Å². The first kappa shape index (κ1) is 30.4. The van der Waals surface area contributed by atoms with Crippen LogP contribution in [0.1, 0.15) is 5.56 Å². The Kier molecular flexibility index (Phi) is 14.6. The zero-order valence-electron chi connectivity index (χ0n) is 12.6. The molecular formula is C9H8F6O9S3-4. The van der Waals surface area contributed by atoms with Gasteiger partial charge in [0.15, 0.2) is 10.1 Å². The number of rotatable bonds is 1. The van der Waals surface area contributed by atoms with Gasteiger partial charge in [0.1, 0.15) is 10.1 Å². The van der Waals surface area contributed by atoms with Crippen molar-refractivity contribution in [3.63, 3.8) is 0 Å². The van der Waals surface area contributed by atoms with E-state index in [-0.39, 0.29) is 4.90 Å². The topological polar surface area (TPSA) is 178 Å². The third-order valence-electron chi connectivity index (χ3n) is 1.59. The molecule has 18 heteroatoms. The highest BCUT2D eigenvalue weighted by atomic mass is 32.2. The van der Waals surface area contributed by atoms with Crippen LogP contribution in [-0.2, 0) is 31.6 Å². The van der Waals surface area contributed by atoms with E-state index in [1.807, 2.05) is 6.92 Å². The van der Waals surface area contributed by atoms with Gasteiger partial charge >= 0.3 is 12.2 Å². The van der Waals surface area contributed by atoms with Gasteiger partial charge in [-0.1, -0.05) is 17.7 Å². The van der Waals surface area contributed by atoms with Crippen LogP contribution in [0.5, 0.6) is 0 Å². The maximum absolute atomic E-state index is 10.7. The second-order valence-corrected chi connectivity index (χ2v) is 6.78. The fourth-order valence-electron chi connectivity index (χ4n) is 0.705. The predicted octanol–water partition coefficient (Wildman–Crippen LogP) is 1.12. The Labute approximate surface area is 151 Å². The summed E-state index contributed by atoms with van der Waals surface area (Å²) in [4.78, 5) is -0.178. The predicted molar refractivity (Wildman–Crippen MR) is 71.7 cm³/mol. The molecule has 0 fully saturated rings. The van der Waals surface area contributed by atoms with Crippen LogP contribution < -0.4 is 0 Å². The summed E-state index contributed by atoms with van der Waals surface area (Å²) in [6, 6.07) is 5.78. The van der Waals surface area contributed by atoms with Gasteiger partial charge in [0.05, 0.1) is 4.90 Å². The maximum Gasteiger partial charge on any atom is 0.485 e. The minimum absolute atomic E-state index is 0.178. The van der Waals surface area contributed by atoms with E-state index in [2.05, 4.69) is 0 Å². The summed E-state index contributed by atoms with van der Waals surface area (Å²) in [6.45, 7) is -1.85. The Morgan fingerprint density at radius 2 is 1.15 bits per heavy atom. The van der Waals surface area contributed by atoms with Crippen LogP contribution in [0, 0.1) is 6.92 Å². The highest BCUT2D eigenvalue weighted by Gasteiger charge is 2.36. The molecular weight excluding hydrogens is 462 g/mol. The van der Waals surface area contributed by atoms with E-state index >= 15 is 0 Å². The van der Waals surface area contributed by atoms with E-state index in [0.717, 1.165) is 5.56 Å². The summed E-state index contributed by atoms with van der Waals surface area (Å²) in [5.41, 5.74) is -4.72. The Morgan fingerprint density at radius 3 is 1.30 bits per heavy atom. The average Bonchev–Trinajstić information content (AvgIpc) is 2.34. The van der Waals surface area contributed by atoms with E-state index in [1.54, 1.807) is 12.1 Å². The number of hydrogen-bond donors (Lipinski definition) is 0. The van der Waals surface area contributed by atoms with Gasteiger partial charge in [-0.15, -0.1) is 11.4 Å². The molecule has 1 aromatic carbocycles. The smallest absolute Gasteiger partial charge is 0.485 e. The van der Waals surface area contributed by atoms with Crippen molar-refractivity contribution in [2.24, 2.45) is 0 Å². The first-order chi connectivity index (χ1) is 11.7. The fraction of sp³-hybridized carbons (Fsp3) is 0.333. The molecule has 0 spiro atoms. The normalized spacial score (nSPS) is 11.4. The largest absolute Gasteiger partial charge is 0.784 e. The molecule has 0 amide bonds. The van der Waals surface area contributed by atoms with Crippen LogP contribution in [0.15, 0.2) is 29.2 Å². The summed E-state index contributed by atoms with van der Waals surface area (Å²) in [6.07, 6.45) is 0. The third-order valence-corrected chi connectivity index (χ3v) is 3.01. The van der Waals surface area contributed by atoms with Gasteiger partial charge in [-0.3, -0.25) is 4.21 Å². The summed E-state index contributed by atoms with van der Waals surface area (Å²) in [5.74, 6) is 0. The monoisotopic (exact) mass is 470 g/mol. The van der Waals surface area contributed by atoms with Crippen molar-refractivity contribution >= 4 is 31.6 Å². The Morgan fingerprint density at radius 1 is 0.926 bits per heavy atom. The second kappa shape index (κ2) is 13.0. The lowest BCUT2D eigenvalue weighted by Crippen LogP contribution is -2.21. The maximum atomic E-state index is 10.7. The van der Waals surface area contributed by atoms with E-state index in [0.29, 0.717) is 0 Å². The van der Waals surface area contributed by atoms with E-state index in [9.17, 15) is 39.3 Å². The van der Waals surface area contributed by atoms with Crippen molar-refractivity contribution in [1.29, 1.82) is 0 Å². The van der Waals surface area contributed by atoms with Crippen LogP contribution in [-0.4, -0.2) is 51.4 Å². The Balaban J connectivity index is -0.000000316. The van der Waals surface area contributed by atoms with Crippen molar-refractivity contribution in [1.82, 2.24) is 0 Å². The van der Waals surface area contributed by atoms with Crippen LogP contribution in [0.25, 0.3) is 0 Å². The van der Waals surface area contributed by atoms with Crippen molar-refractivity contribution in [2.45, 2.75) is 24.0 Å². The van der Waals surface area contributed by atoms with Crippen molar-refractivity contribution in [2.75, 3.05) is 0 Å². The number of hydrogen-bond acceptors (Lipinski definition) is 9. The zero-order chi connectivity index (χ0) is 22.6. The lowest BCUT2D eigenvalue weighted by atomic mass is 10.2. The number of benzene rings is 1. The molecule has 1 rings (SSSR count). The molecule has 0 aromatic heterocycles. The summed E-state index contributed by atoms with van der Waals surface area (Å²) in [7, 11) is -10.4. The van der Waals surface area contributed by atoms with Crippen LogP contribution >= 0.6 is 0 Å². The minimum Gasteiger partial charge on any atom is -0.784 e. The molecule has 0 aliphatic rings. The van der Waals surface area contributed by atoms with Gasteiger partial charge in [0, 0.05) is 0 Å². The standard InChI is InChI=1S/C7H8O3S.CHF3O3S.CHF3.H2O3S/c1-6-2-4-7(5-3-6)11(8,9)10;2-1(3,4)8(5,6)7;2-1(3)4;1-4(2)3/h2-5H,1H3,(H,8,9,10);(H,5,6,7);1H;(H2,1,2,3)/p-4. The summed E-state index contributed by atoms with van der Waals surface area (Å²) in [5, 5.41) is 0. The number of alkyl halides is 6. The summed E-state index contributed by atoms with van der Waals surface area (Å²) < 4.78 is 144. The molecule has 1 aromatic rings. The van der Waals surface area contributed by atoms with Gasteiger partial charge in [-0.25, -0.2) is 16.8 Å². The number of halogens is 6. The highest BCUT2D eigenvalue weighted by Crippen LogP contribution is 2.20. The number of aryl methyl sites for hydroxylation is 1. The van der Waals surface area contributed by atoms with Gasteiger partial charge in [0.2, 0.25) is 0 Å². The molecule has 0 saturated carbocycles. The zero-order valence-corrected chi connectivity index (χ0v) is 15.0. The molecule has 0 saturated heterocycles. The third kappa shape index (κ3) is 22.6. The molecule has 27 heavy (non-hydrogen) atoms. The minimum atomic E-state index is -6.09. The Bertz CT molecular complexity index is 753. The van der Waals surface area contributed by atoms with Crippen LogP contribution in [0.4, 0.5) is 26.3 Å². The Hall–Kier alpha value is -1.31. The van der Waals surface area contributed by atoms with E-state index in [1.165, 1.54) is 12.1 Å². The highest BCUT2D eigenvalue weighted by molar-refractivity contribution is 7.86. The lowest BCUT2D eigenvalue weighted by molar-refractivity contribution is -0.0518. The molecule has 0 N–H and O–H groups in total. The molecule has 0 radical (unpaired) electrons. The molecule has 0 bridgehead atoms. The van der Waals surface area contributed by atoms with Gasteiger partial charge in [0.25, 0.3) is 0 Å². The second-order valence-electron chi connectivity index (χ2n) is 3.62. The first-order valence-electron chi connectivity index (χ1n) is 5.45. The van der Waals surface area contributed by atoms with Crippen molar-refractivity contribution < 1.29 is 65.6 Å².